The van der Waals surface area contributed by atoms with Crippen LogP contribution >= 0.6 is 11.8 Å². The molecule has 1 atom stereocenters. The second kappa shape index (κ2) is 9.39. The molecule has 0 saturated heterocycles. The zero-order valence-corrected chi connectivity index (χ0v) is 20.0. The highest BCUT2D eigenvalue weighted by Crippen LogP contribution is 2.32. The number of amides is 2. The summed E-state index contributed by atoms with van der Waals surface area (Å²) in [6, 6.07) is 10.5. The lowest BCUT2D eigenvalue weighted by Crippen LogP contribution is -2.32. The van der Waals surface area contributed by atoms with Gasteiger partial charge in [-0.2, -0.15) is 5.10 Å². The predicted octanol–water partition coefficient (Wildman–Crippen LogP) is 3.29. The van der Waals surface area contributed by atoms with Crippen LogP contribution < -0.4 is 21.7 Å². The number of carbonyl (C=O) groups excluding carboxylic acids is 2. The van der Waals surface area contributed by atoms with Gasteiger partial charge in [-0.05, 0) is 68.8 Å². The summed E-state index contributed by atoms with van der Waals surface area (Å²) >= 11 is 1.38. The molecule has 35 heavy (non-hydrogen) atoms. The number of nitrogens with one attached hydrogen (secondary N) is 4. The first-order valence-corrected chi connectivity index (χ1v) is 12.0. The Bertz CT molecular complexity index is 1390. The van der Waals surface area contributed by atoms with Gasteiger partial charge in [0, 0.05) is 28.3 Å². The molecule has 180 valence electrons. The average molecular weight is 492 g/mol. The number of H-pyrrole nitrogens is 1. The van der Waals surface area contributed by atoms with Gasteiger partial charge in [0.25, 0.3) is 0 Å². The highest BCUT2D eigenvalue weighted by molar-refractivity contribution is 7.99. The van der Waals surface area contributed by atoms with Gasteiger partial charge in [-0.3, -0.25) is 14.7 Å². The number of hydrogen-bond acceptors (Lipinski definition) is 8. The van der Waals surface area contributed by atoms with Crippen LogP contribution in [-0.2, 0) is 9.59 Å². The van der Waals surface area contributed by atoms with Crippen molar-refractivity contribution in [3.05, 3.63) is 48.3 Å². The van der Waals surface area contributed by atoms with Crippen LogP contribution in [0.2, 0.25) is 0 Å². The lowest BCUT2D eigenvalue weighted by molar-refractivity contribution is -0.118. The van der Waals surface area contributed by atoms with Crippen LogP contribution in [0.25, 0.3) is 5.52 Å². The number of nitrogens with zero attached hydrogens (tertiary/aromatic N) is 4. The van der Waals surface area contributed by atoms with Gasteiger partial charge in [-0.15, -0.1) is 5.10 Å². The van der Waals surface area contributed by atoms with Gasteiger partial charge in [0.2, 0.25) is 17.0 Å². The number of aromatic amines is 1. The molecule has 6 N–H and O–H groups in total. The van der Waals surface area contributed by atoms with E-state index < -0.39 is 6.04 Å². The molecule has 1 fully saturated rings. The number of fused-ring (bicyclic) bond motifs is 1. The topological polar surface area (TPSA) is 155 Å². The van der Waals surface area contributed by atoms with Crippen molar-refractivity contribution in [2.45, 2.75) is 42.8 Å². The molecule has 3 aromatic heterocycles. The third-order valence-corrected chi connectivity index (χ3v) is 6.22. The predicted molar refractivity (Wildman–Crippen MR) is 134 cm³/mol. The number of nitrogens with two attached hydrogens (primary N) is 1. The first-order valence-electron chi connectivity index (χ1n) is 11.2. The fourth-order valence-corrected chi connectivity index (χ4v) is 4.09. The van der Waals surface area contributed by atoms with Crippen molar-refractivity contribution in [1.29, 1.82) is 0 Å². The quantitative estimate of drug-likeness (QED) is 0.251. The van der Waals surface area contributed by atoms with Crippen molar-refractivity contribution in [2.24, 2.45) is 11.7 Å². The summed E-state index contributed by atoms with van der Waals surface area (Å²) in [6.45, 7) is 3.53. The van der Waals surface area contributed by atoms with Crippen molar-refractivity contribution in [3.8, 4) is 0 Å². The highest BCUT2D eigenvalue weighted by Gasteiger charge is 2.29. The minimum atomic E-state index is -0.642. The van der Waals surface area contributed by atoms with E-state index in [4.69, 9.17) is 5.73 Å². The Labute approximate surface area is 205 Å². The summed E-state index contributed by atoms with van der Waals surface area (Å²) in [6.07, 6.45) is 3.63. The Kier molecular flexibility index (Phi) is 6.14. The van der Waals surface area contributed by atoms with E-state index >= 15 is 0 Å². The molecule has 1 aliphatic carbocycles. The Balaban J connectivity index is 1.41. The van der Waals surface area contributed by atoms with E-state index in [1.165, 1.54) is 11.8 Å². The van der Waals surface area contributed by atoms with E-state index in [9.17, 15) is 9.59 Å². The molecule has 0 radical (unpaired) electrons. The molecule has 12 heteroatoms. The minimum Gasteiger partial charge on any atom is -0.326 e. The van der Waals surface area contributed by atoms with E-state index in [0.717, 1.165) is 29.1 Å². The molecule has 3 heterocycles. The van der Waals surface area contributed by atoms with Gasteiger partial charge in [0.05, 0.1) is 17.9 Å². The van der Waals surface area contributed by atoms with E-state index in [2.05, 4.69) is 36.2 Å². The monoisotopic (exact) mass is 491 g/mol. The van der Waals surface area contributed by atoms with Crippen LogP contribution in [0, 0.1) is 12.8 Å². The van der Waals surface area contributed by atoms with Gasteiger partial charge in [-0.1, -0.05) is 0 Å². The normalized spacial score (nSPS) is 14.0. The Morgan fingerprint density at radius 3 is 2.60 bits per heavy atom. The zero-order chi connectivity index (χ0) is 24.5. The first kappa shape index (κ1) is 22.9. The van der Waals surface area contributed by atoms with Crippen molar-refractivity contribution in [2.75, 3.05) is 16.0 Å². The van der Waals surface area contributed by atoms with E-state index in [1.54, 1.807) is 23.7 Å². The van der Waals surface area contributed by atoms with E-state index in [-0.39, 0.29) is 17.7 Å². The maximum Gasteiger partial charge on any atom is 0.241 e. The maximum absolute atomic E-state index is 12.1. The van der Waals surface area contributed by atoms with Crippen LogP contribution in [0.3, 0.4) is 0 Å². The number of anilines is 4. The Hall–Kier alpha value is -3.90. The first-order chi connectivity index (χ1) is 16.8. The summed E-state index contributed by atoms with van der Waals surface area (Å²) in [5.74, 6) is 1.07. The number of carbonyl (C=O) groups is 2. The summed E-state index contributed by atoms with van der Waals surface area (Å²) in [5, 5.41) is 21.2. The van der Waals surface area contributed by atoms with Crippen LogP contribution in [0.15, 0.2) is 52.6 Å². The highest BCUT2D eigenvalue weighted by atomic mass is 32.2. The molecule has 5 rings (SSSR count). The SMILES string of the molecule is Cc1cc(Nc2nc(Sc3ccc(NC(=O)C4CC4)cc3)nn3cc(NC(=O)[C@@H](C)N)cc23)n[nH]1. The second-order valence-electron chi connectivity index (χ2n) is 8.53. The average Bonchev–Trinajstić information content (AvgIpc) is 3.48. The number of benzene rings is 1. The van der Waals surface area contributed by atoms with Crippen LogP contribution in [0.4, 0.5) is 23.0 Å². The zero-order valence-electron chi connectivity index (χ0n) is 19.2. The molecule has 4 aromatic rings. The van der Waals surface area contributed by atoms with E-state index in [1.807, 2.05) is 37.3 Å². The standard InChI is InChI=1S/C23H25N9O2S/c1-12-9-19(30-29-12)27-20-18-10-16(26-21(33)13(2)24)11-32(18)31-23(28-20)35-17-7-5-15(6-8-17)25-22(34)14-3-4-14/h5-11,13-14H,3-4,24H2,1-2H3,(H,25,34)(H,26,33)(H2,27,28,29,30,31)/t13-/m1/s1. The molecule has 0 spiro atoms. The molecular formula is C23H25N9O2S. The van der Waals surface area contributed by atoms with Crippen molar-refractivity contribution in [1.82, 2.24) is 24.8 Å². The van der Waals surface area contributed by atoms with E-state index in [0.29, 0.717) is 28.0 Å². The second-order valence-corrected chi connectivity index (χ2v) is 9.57. The van der Waals surface area contributed by atoms with Gasteiger partial charge < -0.3 is 21.7 Å². The molecule has 1 saturated carbocycles. The lowest BCUT2D eigenvalue weighted by atomic mass is 10.3. The smallest absolute Gasteiger partial charge is 0.241 e. The Morgan fingerprint density at radius 1 is 1.17 bits per heavy atom. The summed E-state index contributed by atoms with van der Waals surface area (Å²) in [5.41, 5.74) is 8.56. The van der Waals surface area contributed by atoms with Gasteiger partial charge >= 0.3 is 0 Å². The molecule has 2 amide bonds. The molecule has 0 unspecified atom stereocenters. The lowest BCUT2D eigenvalue weighted by Gasteiger charge is -2.08. The number of aromatic nitrogens is 5. The summed E-state index contributed by atoms with van der Waals surface area (Å²) in [4.78, 5) is 29.7. The summed E-state index contributed by atoms with van der Waals surface area (Å²) in [7, 11) is 0. The van der Waals surface area contributed by atoms with Crippen molar-refractivity contribution in [3.63, 3.8) is 0 Å². The van der Waals surface area contributed by atoms with Crippen molar-refractivity contribution >= 4 is 52.1 Å². The van der Waals surface area contributed by atoms with Crippen LogP contribution in [0.1, 0.15) is 25.5 Å². The molecule has 1 aliphatic rings. The third kappa shape index (κ3) is 5.44. The van der Waals surface area contributed by atoms with Crippen LogP contribution in [0.5, 0.6) is 0 Å². The molecule has 11 nitrogen and oxygen atoms in total. The summed E-state index contributed by atoms with van der Waals surface area (Å²) < 4.78 is 1.65. The van der Waals surface area contributed by atoms with Crippen LogP contribution in [-0.4, -0.2) is 42.7 Å². The molecule has 1 aromatic carbocycles. The molecular weight excluding hydrogens is 466 g/mol. The largest absolute Gasteiger partial charge is 0.326 e. The number of rotatable bonds is 8. The van der Waals surface area contributed by atoms with Gasteiger partial charge in [0.15, 0.2) is 11.6 Å². The Morgan fingerprint density at radius 2 is 1.94 bits per heavy atom. The molecule has 0 aliphatic heterocycles. The fraction of sp³-hybridized carbons (Fsp3) is 0.261. The number of hydrogen-bond donors (Lipinski definition) is 5. The van der Waals surface area contributed by atoms with Crippen molar-refractivity contribution < 1.29 is 9.59 Å². The minimum absolute atomic E-state index is 0.0723. The third-order valence-electron chi connectivity index (χ3n) is 5.36. The van der Waals surface area contributed by atoms with Gasteiger partial charge in [0.1, 0.15) is 5.52 Å². The fourth-order valence-electron chi connectivity index (χ4n) is 3.34. The molecule has 0 bridgehead atoms. The number of aryl methyl sites for hydroxylation is 1. The maximum atomic E-state index is 12.1. The van der Waals surface area contributed by atoms with Gasteiger partial charge in [-0.25, -0.2) is 9.50 Å².